The molecule has 6 nitrogen and oxygen atoms in total. The van der Waals surface area contributed by atoms with Crippen LogP contribution in [-0.2, 0) is 9.84 Å². The minimum absolute atomic E-state index is 0.0992. The molecule has 0 unspecified atom stereocenters. The van der Waals surface area contributed by atoms with Crippen molar-refractivity contribution in [3.8, 4) is 5.69 Å². The summed E-state index contributed by atoms with van der Waals surface area (Å²) in [6, 6.07) is 13.9. The Hall–Kier alpha value is -2.67. The number of hydrogen-bond acceptors (Lipinski definition) is 4. The summed E-state index contributed by atoms with van der Waals surface area (Å²) < 4.78 is 26.1. The van der Waals surface area contributed by atoms with Gasteiger partial charge in [0.05, 0.1) is 28.4 Å². The standard InChI is InChI=1S/C26H33N3O3S/c1-19(2)33(31,32)16-13-20(3)21-7-10-24(11-8-21)29-25-12-9-22(17-23(25)18-27-29)26(30)28-14-5-4-6-15-28/h7-12,17-20H,4-6,13-16H2,1-3H3/t20-/m0/s1. The van der Waals surface area contributed by atoms with E-state index in [4.69, 9.17) is 0 Å². The van der Waals surface area contributed by atoms with Crippen molar-refractivity contribution in [2.75, 3.05) is 18.8 Å². The molecule has 176 valence electrons. The zero-order chi connectivity index (χ0) is 23.6. The monoisotopic (exact) mass is 467 g/mol. The van der Waals surface area contributed by atoms with Crippen LogP contribution in [0.5, 0.6) is 0 Å². The first-order valence-electron chi connectivity index (χ1n) is 11.9. The van der Waals surface area contributed by atoms with Gasteiger partial charge < -0.3 is 4.90 Å². The molecule has 2 aromatic carbocycles. The maximum Gasteiger partial charge on any atom is 0.253 e. The van der Waals surface area contributed by atoms with Crippen molar-refractivity contribution in [1.29, 1.82) is 0 Å². The average molecular weight is 468 g/mol. The molecule has 3 aromatic rings. The van der Waals surface area contributed by atoms with Gasteiger partial charge >= 0.3 is 0 Å². The second-order valence-corrected chi connectivity index (χ2v) is 12.1. The van der Waals surface area contributed by atoms with E-state index in [0.717, 1.165) is 48.1 Å². The molecule has 1 aliphatic rings. The van der Waals surface area contributed by atoms with E-state index < -0.39 is 9.84 Å². The smallest absolute Gasteiger partial charge is 0.253 e. The third-order valence-electron chi connectivity index (χ3n) is 6.72. The summed E-state index contributed by atoms with van der Waals surface area (Å²) in [5.74, 6) is 0.461. The van der Waals surface area contributed by atoms with Crippen LogP contribution in [0.1, 0.15) is 68.3 Å². The van der Waals surface area contributed by atoms with E-state index in [1.165, 1.54) is 6.42 Å². The Morgan fingerprint density at radius 1 is 1.00 bits per heavy atom. The number of amides is 1. The van der Waals surface area contributed by atoms with Gasteiger partial charge in [-0.05, 0) is 81.3 Å². The van der Waals surface area contributed by atoms with Gasteiger partial charge in [0.2, 0.25) is 0 Å². The molecule has 33 heavy (non-hydrogen) atoms. The average Bonchev–Trinajstić information content (AvgIpc) is 3.26. The summed E-state index contributed by atoms with van der Waals surface area (Å²) in [6.07, 6.45) is 5.76. The van der Waals surface area contributed by atoms with E-state index in [1.54, 1.807) is 20.0 Å². The number of hydrogen-bond donors (Lipinski definition) is 0. The fourth-order valence-electron chi connectivity index (χ4n) is 4.34. The largest absolute Gasteiger partial charge is 0.339 e. The maximum atomic E-state index is 12.8. The number of fused-ring (bicyclic) bond motifs is 1. The van der Waals surface area contributed by atoms with Crippen LogP contribution in [0.15, 0.2) is 48.7 Å². The fourth-order valence-corrected chi connectivity index (χ4v) is 5.49. The molecule has 1 atom stereocenters. The topological polar surface area (TPSA) is 72.3 Å². The van der Waals surface area contributed by atoms with E-state index in [1.807, 2.05) is 52.0 Å². The highest BCUT2D eigenvalue weighted by atomic mass is 32.2. The van der Waals surface area contributed by atoms with Crippen molar-refractivity contribution >= 4 is 26.6 Å². The number of carbonyl (C=O) groups is 1. The summed E-state index contributed by atoms with van der Waals surface area (Å²) in [4.78, 5) is 14.8. The lowest BCUT2D eigenvalue weighted by molar-refractivity contribution is 0.0724. The van der Waals surface area contributed by atoms with Crippen molar-refractivity contribution in [1.82, 2.24) is 14.7 Å². The molecule has 0 bridgehead atoms. The van der Waals surface area contributed by atoms with Crippen LogP contribution < -0.4 is 0 Å². The normalized spacial score (nSPS) is 15.8. The van der Waals surface area contributed by atoms with Gasteiger partial charge in [-0.1, -0.05) is 19.1 Å². The molecule has 0 radical (unpaired) electrons. The lowest BCUT2D eigenvalue weighted by atomic mass is 9.98. The lowest BCUT2D eigenvalue weighted by Crippen LogP contribution is -2.35. The van der Waals surface area contributed by atoms with Crippen LogP contribution in [-0.4, -0.2) is 53.1 Å². The highest BCUT2D eigenvalue weighted by molar-refractivity contribution is 7.91. The molecule has 0 N–H and O–H groups in total. The molecule has 1 saturated heterocycles. The number of carbonyl (C=O) groups excluding carboxylic acids is 1. The summed E-state index contributed by atoms with van der Waals surface area (Å²) in [7, 11) is -3.03. The molecule has 2 heterocycles. The predicted molar refractivity (Wildman–Crippen MR) is 133 cm³/mol. The van der Waals surface area contributed by atoms with Crippen molar-refractivity contribution < 1.29 is 13.2 Å². The molecule has 4 rings (SSSR count). The number of rotatable bonds is 7. The van der Waals surface area contributed by atoms with Crippen molar-refractivity contribution in [2.24, 2.45) is 0 Å². The molecule has 1 aliphatic heterocycles. The van der Waals surface area contributed by atoms with Crippen LogP contribution in [0.25, 0.3) is 16.6 Å². The third kappa shape index (κ3) is 5.13. The quantitative estimate of drug-likeness (QED) is 0.492. The summed E-state index contributed by atoms with van der Waals surface area (Å²) >= 11 is 0. The Morgan fingerprint density at radius 2 is 1.70 bits per heavy atom. The van der Waals surface area contributed by atoms with Gasteiger partial charge in [0.25, 0.3) is 5.91 Å². The molecule has 0 spiro atoms. The summed E-state index contributed by atoms with van der Waals surface area (Å²) in [5.41, 5.74) is 3.72. The SMILES string of the molecule is CC(C)S(=O)(=O)CC[C@H](C)c1ccc(-n2ncc3cc(C(=O)N4CCCCC4)ccc32)cc1. The van der Waals surface area contributed by atoms with Crippen LogP contribution in [0.2, 0.25) is 0 Å². The van der Waals surface area contributed by atoms with Crippen molar-refractivity contribution in [3.63, 3.8) is 0 Å². The number of sulfone groups is 1. The van der Waals surface area contributed by atoms with Crippen LogP contribution in [0.4, 0.5) is 0 Å². The Bertz CT molecular complexity index is 1220. The Labute approximate surface area is 196 Å². The zero-order valence-corrected chi connectivity index (χ0v) is 20.5. The van der Waals surface area contributed by atoms with Crippen molar-refractivity contribution in [2.45, 2.75) is 57.6 Å². The second kappa shape index (κ2) is 9.67. The lowest BCUT2D eigenvalue weighted by Gasteiger charge is -2.26. The number of aromatic nitrogens is 2. The number of piperidine rings is 1. The Balaban J connectivity index is 1.49. The first-order valence-corrected chi connectivity index (χ1v) is 13.6. The van der Waals surface area contributed by atoms with E-state index in [9.17, 15) is 13.2 Å². The molecule has 1 aromatic heterocycles. The predicted octanol–water partition coefficient (Wildman–Crippen LogP) is 4.97. The number of nitrogens with zero attached hydrogens (tertiary/aromatic N) is 3. The molecule has 1 amide bonds. The van der Waals surface area contributed by atoms with Gasteiger partial charge in [-0.25, -0.2) is 13.1 Å². The van der Waals surface area contributed by atoms with Crippen LogP contribution in [0, 0.1) is 0 Å². The third-order valence-corrected chi connectivity index (χ3v) is 8.96. The van der Waals surface area contributed by atoms with Crippen molar-refractivity contribution in [3.05, 3.63) is 59.8 Å². The van der Waals surface area contributed by atoms with Gasteiger partial charge in [0.15, 0.2) is 9.84 Å². The van der Waals surface area contributed by atoms with Gasteiger partial charge in [-0.15, -0.1) is 0 Å². The van der Waals surface area contributed by atoms with Crippen LogP contribution in [0.3, 0.4) is 0 Å². The van der Waals surface area contributed by atoms with Gasteiger partial charge in [-0.2, -0.15) is 5.10 Å². The first-order chi connectivity index (χ1) is 15.8. The highest BCUT2D eigenvalue weighted by Crippen LogP contribution is 2.25. The molecule has 0 aliphatic carbocycles. The summed E-state index contributed by atoms with van der Waals surface area (Å²) in [6.45, 7) is 7.20. The zero-order valence-electron chi connectivity index (χ0n) is 19.7. The summed E-state index contributed by atoms with van der Waals surface area (Å²) in [5, 5.41) is 5.16. The number of likely N-dealkylation sites (tertiary alicyclic amines) is 1. The second-order valence-electron chi connectivity index (χ2n) is 9.38. The Kier molecular flexibility index (Phi) is 6.88. The molecule has 1 fully saturated rings. The molecule has 0 saturated carbocycles. The fraction of sp³-hybridized carbons (Fsp3) is 0.462. The first kappa shape index (κ1) is 23.5. The minimum atomic E-state index is -3.03. The molecule has 7 heteroatoms. The minimum Gasteiger partial charge on any atom is -0.339 e. The van der Waals surface area contributed by atoms with Gasteiger partial charge in [-0.3, -0.25) is 4.79 Å². The van der Waals surface area contributed by atoms with E-state index in [-0.39, 0.29) is 22.8 Å². The van der Waals surface area contributed by atoms with E-state index >= 15 is 0 Å². The molecular formula is C26H33N3O3S. The van der Waals surface area contributed by atoms with E-state index in [0.29, 0.717) is 12.0 Å². The van der Waals surface area contributed by atoms with E-state index in [2.05, 4.69) is 12.0 Å². The Morgan fingerprint density at radius 3 is 2.36 bits per heavy atom. The van der Waals surface area contributed by atoms with Gasteiger partial charge in [0.1, 0.15) is 0 Å². The molecular weight excluding hydrogens is 434 g/mol. The number of benzene rings is 2. The van der Waals surface area contributed by atoms with Gasteiger partial charge in [0, 0.05) is 24.0 Å². The highest BCUT2D eigenvalue weighted by Gasteiger charge is 2.20. The van der Waals surface area contributed by atoms with Crippen LogP contribution >= 0.6 is 0 Å². The maximum absolute atomic E-state index is 12.8.